The number of carboxylic acid groups (broad SMARTS) is 1. The average Bonchev–Trinajstić information content (AvgIpc) is 2.59. The third kappa shape index (κ3) is 3.81. The van der Waals surface area contributed by atoms with Crippen molar-refractivity contribution in [2.45, 2.75) is 19.4 Å². The van der Waals surface area contributed by atoms with E-state index >= 15 is 0 Å². The molecule has 0 aliphatic heterocycles. The Morgan fingerprint density at radius 3 is 2.25 bits per heavy atom. The van der Waals surface area contributed by atoms with E-state index in [4.69, 9.17) is 0 Å². The summed E-state index contributed by atoms with van der Waals surface area (Å²) < 4.78 is 0. The third-order valence-corrected chi connectivity index (χ3v) is 4.19. The smallest absolute Gasteiger partial charge is 0.335 e. The van der Waals surface area contributed by atoms with E-state index in [-0.39, 0.29) is 24.1 Å². The standard InChI is InChI=1S/C19H21NO4/c1-13-16(9-6-10-17(13)19(23)24)18(22)20(2)15(12-21)11-14-7-4-3-5-8-14/h3-10,15,21H,11-12H2,1-2H3,(H,23,24). The molecule has 5 heteroatoms. The fourth-order valence-electron chi connectivity index (χ4n) is 2.66. The van der Waals surface area contributed by atoms with Crippen LogP contribution in [-0.2, 0) is 6.42 Å². The van der Waals surface area contributed by atoms with Crippen LogP contribution in [0.2, 0.25) is 0 Å². The lowest BCUT2D eigenvalue weighted by Gasteiger charge is -2.27. The topological polar surface area (TPSA) is 77.8 Å². The normalized spacial score (nSPS) is 11.8. The first kappa shape index (κ1) is 17.7. The molecule has 2 rings (SSSR count). The number of amides is 1. The molecule has 0 spiro atoms. The maximum absolute atomic E-state index is 12.8. The van der Waals surface area contributed by atoms with Crippen LogP contribution < -0.4 is 0 Å². The van der Waals surface area contributed by atoms with Crippen molar-refractivity contribution < 1.29 is 19.8 Å². The number of benzene rings is 2. The molecule has 0 saturated heterocycles. The van der Waals surface area contributed by atoms with Gasteiger partial charge in [-0.05, 0) is 36.6 Å². The highest BCUT2D eigenvalue weighted by atomic mass is 16.4. The Balaban J connectivity index is 2.24. The van der Waals surface area contributed by atoms with Crippen molar-refractivity contribution in [1.82, 2.24) is 4.90 Å². The van der Waals surface area contributed by atoms with E-state index in [9.17, 15) is 19.8 Å². The number of hydrogen-bond donors (Lipinski definition) is 2. The highest BCUT2D eigenvalue weighted by Gasteiger charge is 2.23. The fourth-order valence-corrected chi connectivity index (χ4v) is 2.66. The Labute approximate surface area is 141 Å². The quantitative estimate of drug-likeness (QED) is 0.854. The number of likely N-dealkylation sites (N-methyl/N-ethyl adjacent to an activating group) is 1. The summed E-state index contributed by atoms with van der Waals surface area (Å²) in [5.41, 5.74) is 1.90. The number of carboxylic acids is 1. The highest BCUT2D eigenvalue weighted by molar-refractivity contribution is 5.99. The van der Waals surface area contributed by atoms with Crippen molar-refractivity contribution >= 4 is 11.9 Å². The molecule has 0 aliphatic carbocycles. The molecular weight excluding hydrogens is 306 g/mol. The molecule has 0 bridgehead atoms. The van der Waals surface area contributed by atoms with Gasteiger partial charge in [0.25, 0.3) is 5.91 Å². The van der Waals surface area contributed by atoms with Crippen LogP contribution in [0.15, 0.2) is 48.5 Å². The SMILES string of the molecule is Cc1c(C(=O)O)cccc1C(=O)N(C)C(CO)Cc1ccccc1. The zero-order valence-corrected chi connectivity index (χ0v) is 13.8. The molecule has 2 N–H and O–H groups in total. The summed E-state index contributed by atoms with van der Waals surface area (Å²) in [5, 5.41) is 18.9. The van der Waals surface area contributed by atoms with Crippen LogP contribution in [0, 0.1) is 6.92 Å². The molecule has 1 atom stereocenters. The predicted molar refractivity (Wildman–Crippen MR) is 91.3 cm³/mol. The van der Waals surface area contributed by atoms with E-state index < -0.39 is 5.97 Å². The van der Waals surface area contributed by atoms with Gasteiger partial charge in [0.1, 0.15) is 0 Å². The van der Waals surface area contributed by atoms with Gasteiger partial charge in [0.2, 0.25) is 0 Å². The molecule has 0 radical (unpaired) electrons. The summed E-state index contributed by atoms with van der Waals surface area (Å²) >= 11 is 0. The number of aromatic carboxylic acids is 1. The van der Waals surface area contributed by atoms with Gasteiger partial charge in [-0.25, -0.2) is 4.79 Å². The molecule has 0 aromatic heterocycles. The molecule has 0 heterocycles. The zero-order chi connectivity index (χ0) is 17.7. The van der Waals surface area contributed by atoms with Crippen molar-refractivity contribution in [2.75, 3.05) is 13.7 Å². The highest BCUT2D eigenvalue weighted by Crippen LogP contribution is 2.18. The largest absolute Gasteiger partial charge is 0.478 e. The van der Waals surface area contributed by atoms with Gasteiger partial charge in [-0.2, -0.15) is 0 Å². The molecule has 0 fully saturated rings. The van der Waals surface area contributed by atoms with E-state index in [1.165, 1.54) is 11.0 Å². The summed E-state index contributed by atoms with van der Waals surface area (Å²) in [6.45, 7) is 1.45. The van der Waals surface area contributed by atoms with Gasteiger partial charge < -0.3 is 15.1 Å². The van der Waals surface area contributed by atoms with E-state index in [0.29, 0.717) is 17.5 Å². The summed E-state index contributed by atoms with van der Waals surface area (Å²) in [6, 6.07) is 13.9. The van der Waals surface area contributed by atoms with Gasteiger partial charge >= 0.3 is 5.97 Å². The summed E-state index contributed by atoms with van der Waals surface area (Å²) in [4.78, 5) is 25.5. The molecule has 1 amide bonds. The maximum Gasteiger partial charge on any atom is 0.335 e. The summed E-state index contributed by atoms with van der Waals surface area (Å²) in [6.07, 6.45) is 0.525. The van der Waals surface area contributed by atoms with Crippen molar-refractivity contribution in [2.24, 2.45) is 0 Å². The van der Waals surface area contributed by atoms with E-state index in [2.05, 4.69) is 0 Å². The second kappa shape index (κ2) is 7.75. The Morgan fingerprint density at radius 1 is 1.04 bits per heavy atom. The van der Waals surface area contributed by atoms with Crippen molar-refractivity contribution in [3.05, 3.63) is 70.8 Å². The Kier molecular flexibility index (Phi) is 5.71. The lowest BCUT2D eigenvalue weighted by molar-refractivity contribution is 0.0659. The molecule has 0 saturated carbocycles. The number of hydrogen-bond acceptors (Lipinski definition) is 3. The number of rotatable bonds is 6. The maximum atomic E-state index is 12.8. The first-order valence-electron chi connectivity index (χ1n) is 7.70. The van der Waals surface area contributed by atoms with Crippen LogP contribution in [0.5, 0.6) is 0 Å². The van der Waals surface area contributed by atoms with E-state index in [1.807, 2.05) is 30.3 Å². The van der Waals surface area contributed by atoms with Crippen molar-refractivity contribution in [3.8, 4) is 0 Å². The zero-order valence-electron chi connectivity index (χ0n) is 13.8. The van der Waals surface area contributed by atoms with E-state index in [0.717, 1.165) is 5.56 Å². The molecule has 24 heavy (non-hydrogen) atoms. The second-order valence-corrected chi connectivity index (χ2v) is 5.73. The van der Waals surface area contributed by atoms with Crippen LogP contribution in [0.3, 0.4) is 0 Å². The van der Waals surface area contributed by atoms with Crippen LogP contribution in [0.1, 0.15) is 31.8 Å². The third-order valence-electron chi connectivity index (χ3n) is 4.19. The average molecular weight is 327 g/mol. The molecule has 1 unspecified atom stereocenters. The van der Waals surface area contributed by atoms with Gasteiger partial charge in [-0.3, -0.25) is 4.79 Å². The summed E-state index contributed by atoms with van der Waals surface area (Å²) in [5.74, 6) is -1.36. The van der Waals surface area contributed by atoms with Crippen LogP contribution >= 0.6 is 0 Å². The minimum atomic E-state index is -1.06. The predicted octanol–water partition coefficient (Wildman–Crippen LogP) is 2.37. The lowest BCUT2D eigenvalue weighted by Crippen LogP contribution is -2.41. The first-order valence-corrected chi connectivity index (χ1v) is 7.70. The summed E-state index contributed by atoms with van der Waals surface area (Å²) in [7, 11) is 1.62. The van der Waals surface area contributed by atoms with Crippen molar-refractivity contribution in [3.63, 3.8) is 0 Å². The lowest BCUT2D eigenvalue weighted by atomic mass is 10.00. The number of aliphatic hydroxyl groups is 1. The Bertz CT molecular complexity index is 727. The fraction of sp³-hybridized carbons (Fsp3) is 0.263. The molecular formula is C19H21NO4. The van der Waals surface area contributed by atoms with Gasteiger partial charge in [-0.15, -0.1) is 0 Å². The minimum absolute atomic E-state index is 0.109. The van der Waals surface area contributed by atoms with Crippen LogP contribution in [0.4, 0.5) is 0 Å². The number of carbonyl (C=O) groups is 2. The molecule has 0 aliphatic rings. The van der Waals surface area contributed by atoms with Crippen molar-refractivity contribution in [1.29, 1.82) is 0 Å². The molecule has 126 valence electrons. The minimum Gasteiger partial charge on any atom is -0.478 e. The Morgan fingerprint density at radius 2 is 1.67 bits per heavy atom. The molecule has 5 nitrogen and oxygen atoms in total. The number of aliphatic hydroxyl groups excluding tert-OH is 1. The monoisotopic (exact) mass is 327 g/mol. The van der Waals surface area contributed by atoms with Gasteiger partial charge in [0.15, 0.2) is 0 Å². The number of carbonyl (C=O) groups excluding carboxylic acids is 1. The second-order valence-electron chi connectivity index (χ2n) is 5.73. The molecule has 2 aromatic carbocycles. The van der Waals surface area contributed by atoms with Crippen LogP contribution in [-0.4, -0.2) is 46.7 Å². The molecule has 2 aromatic rings. The van der Waals surface area contributed by atoms with Crippen LogP contribution in [0.25, 0.3) is 0 Å². The van der Waals surface area contributed by atoms with Gasteiger partial charge in [0, 0.05) is 12.6 Å². The number of nitrogens with zero attached hydrogens (tertiary/aromatic N) is 1. The Hall–Kier alpha value is -2.66. The first-order chi connectivity index (χ1) is 11.5. The van der Waals surface area contributed by atoms with Gasteiger partial charge in [-0.1, -0.05) is 36.4 Å². The van der Waals surface area contributed by atoms with E-state index in [1.54, 1.807) is 26.1 Å². The van der Waals surface area contributed by atoms with Gasteiger partial charge in [0.05, 0.1) is 18.2 Å².